The van der Waals surface area contributed by atoms with Crippen LogP contribution in [0.4, 0.5) is 0 Å². The molecule has 0 radical (unpaired) electrons. The zero-order valence-electron chi connectivity index (χ0n) is 11.9. The molecule has 0 bridgehead atoms. The van der Waals surface area contributed by atoms with Gasteiger partial charge in [-0.2, -0.15) is 0 Å². The number of piperazine rings is 1. The minimum atomic E-state index is 0. The number of hydrogen-bond donors (Lipinski definition) is 1. The van der Waals surface area contributed by atoms with E-state index in [9.17, 15) is 0 Å². The quantitative estimate of drug-likeness (QED) is 0.766. The van der Waals surface area contributed by atoms with Crippen LogP contribution >= 0.6 is 52.3 Å². The molecule has 21 heavy (non-hydrogen) atoms. The third-order valence-electron chi connectivity index (χ3n) is 4.16. The third-order valence-corrected chi connectivity index (χ3v) is 5.12. The Kier molecular flexibility index (Phi) is 8.33. The number of halogens is 4. The first-order valence-electron chi connectivity index (χ1n) is 7.14. The van der Waals surface area contributed by atoms with Crippen molar-refractivity contribution in [3.05, 3.63) is 33.3 Å². The van der Waals surface area contributed by atoms with Crippen molar-refractivity contribution in [2.24, 2.45) is 5.92 Å². The minimum Gasteiger partial charge on any atom is -0.314 e. The Bertz CT molecular complexity index is 449. The van der Waals surface area contributed by atoms with E-state index in [4.69, 9.17) is 11.6 Å². The highest BCUT2D eigenvalue weighted by Gasteiger charge is 2.31. The highest BCUT2D eigenvalue weighted by Crippen LogP contribution is 2.42. The summed E-state index contributed by atoms with van der Waals surface area (Å²) in [7, 11) is 0. The van der Waals surface area contributed by atoms with Crippen LogP contribution in [0.3, 0.4) is 0 Å². The van der Waals surface area contributed by atoms with Crippen LogP contribution in [0.5, 0.6) is 0 Å². The van der Waals surface area contributed by atoms with E-state index < -0.39 is 0 Å². The van der Waals surface area contributed by atoms with Crippen molar-refractivity contribution >= 4 is 52.3 Å². The average Bonchev–Trinajstić information content (AvgIpc) is 3.24. The Labute approximate surface area is 152 Å². The Hall–Kier alpha value is 0.490. The van der Waals surface area contributed by atoms with Crippen LogP contribution in [0.25, 0.3) is 0 Å². The van der Waals surface area contributed by atoms with Gasteiger partial charge in [-0.25, -0.2) is 0 Å². The lowest BCUT2D eigenvalue weighted by atomic mass is 9.98. The summed E-state index contributed by atoms with van der Waals surface area (Å²) in [5.41, 5.74) is 1.36. The lowest BCUT2D eigenvalue weighted by molar-refractivity contribution is 0.160. The van der Waals surface area contributed by atoms with Gasteiger partial charge >= 0.3 is 0 Å². The molecule has 1 heterocycles. The second kappa shape index (κ2) is 8.95. The molecule has 1 aromatic rings. The maximum Gasteiger partial charge on any atom is 0.0410 e. The summed E-state index contributed by atoms with van der Waals surface area (Å²) < 4.78 is 1.20. The van der Waals surface area contributed by atoms with Gasteiger partial charge in [-0.15, -0.1) is 24.8 Å². The van der Waals surface area contributed by atoms with Crippen LogP contribution in [-0.2, 0) is 0 Å². The van der Waals surface area contributed by atoms with E-state index in [0.29, 0.717) is 6.04 Å². The molecule has 6 heteroatoms. The standard InChI is InChI=1S/C15H20BrClN2.2ClH/c16-14-4-3-12(17)10-13(14)15(9-11-1-2-11)19-7-5-18-6-8-19;;/h3-4,10-11,15,18H,1-2,5-9H2;2*1H/t15-;;/m0../s1. The second-order valence-electron chi connectivity index (χ2n) is 5.65. The van der Waals surface area contributed by atoms with Crippen LogP contribution in [-0.4, -0.2) is 31.1 Å². The van der Waals surface area contributed by atoms with Crippen molar-refractivity contribution in [1.82, 2.24) is 10.2 Å². The maximum absolute atomic E-state index is 6.20. The summed E-state index contributed by atoms with van der Waals surface area (Å²) in [6.45, 7) is 4.46. The first-order chi connectivity index (χ1) is 9.24. The van der Waals surface area contributed by atoms with E-state index in [-0.39, 0.29) is 24.8 Å². The number of rotatable bonds is 4. The molecule has 2 fully saturated rings. The van der Waals surface area contributed by atoms with Gasteiger partial charge in [0.1, 0.15) is 0 Å². The summed E-state index contributed by atoms with van der Waals surface area (Å²) >= 11 is 9.91. The summed E-state index contributed by atoms with van der Waals surface area (Å²) in [6, 6.07) is 6.70. The fourth-order valence-electron chi connectivity index (χ4n) is 2.91. The van der Waals surface area contributed by atoms with Crippen molar-refractivity contribution in [2.45, 2.75) is 25.3 Å². The third kappa shape index (κ3) is 5.26. The van der Waals surface area contributed by atoms with Gasteiger partial charge in [0.05, 0.1) is 0 Å². The van der Waals surface area contributed by atoms with Gasteiger partial charge < -0.3 is 5.32 Å². The lowest BCUT2D eigenvalue weighted by Crippen LogP contribution is -2.45. The van der Waals surface area contributed by atoms with Gasteiger partial charge in [-0.05, 0) is 36.1 Å². The largest absolute Gasteiger partial charge is 0.314 e. The summed E-state index contributed by atoms with van der Waals surface area (Å²) in [5.74, 6) is 0.922. The van der Waals surface area contributed by atoms with Crippen molar-refractivity contribution in [1.29, 1.82) is 0 Å². The van der Waals surface area contributed by atoms with E-state index in [0.717, 1.165) is 37.1 Å². The van der Waals surface area contributed by atoms with Gasteiger partial charge in [0, 0.05) is 41.7 Å². The molecule has 0 spiro atoms. The zero-order valence-corrected chi connectivity index (χ0v) is 15.8. The molecule has 0 amide bonds. The molecule has 2 nitrogen and oxygen atoms in total. The number of benzene rings is 1. The molecule has 0 unspecified atom stereocenters. The SMILES string of the molecule is Cl.Cl.Clc1ccc(Br)c([C@H](CC2CC2)N2CCNCC2)c1. The van der Waals surface area contributed by atoms with Gasteiger partial charge in [-0.1, -0.05) is 40.4 Å². The van der Waals surface area contributed by atoms with E-state index in [2.05, 4.69) is 38.3 Å². The fourth-order valence-corrected chi connectivity index (χ4v) is 3.60. The van der Waals surface area contributed by atoms with Gasteiger partial charge in [0.15, 0.2) is 0 Å². The van der Waals surface area contributed by atoms with Gasteiger partial charge in [-0.3, -0.25) is 4.90 Å². The second-order valence-corrected chi connectivity index (χ2v) is 6.94. The van der Waals surface area contributed by atoms with Crippen molar-refractivity contribution in [2.75, 3.05) is 26.2 Å². The van der Waals surface area contributed by atoms with Crippen molar-refractivity contribution < 1.29 is 0 Å². The summed E-state index contributed by atoms with van der Waals surface area (Å²) in [6.07, 6.45) is 4.08. The first kappa shape index (κ1) is 19.5. The van der Waals surface area contributed by atoms with E-state index >= 15 is 0 Å². The number of hydrogen-bond acceptors (Lipinski definition) is 2. The molecular weight excluding hydrogens is 394 g/mol. The van der Waals surface area contributed by atoms with E-state index in [1.807, 2.05) is 6.07 Å². The number of nitrogens with one attached hydrogen (secondary N) is 1. The molecule has 120 valence electrons. The molecule has 2 aliphatic rings. The zero-order chi connectivity index (χ0) is 13.2. The lowest BCUT2D eigenvalue weighted by Gasteiger charge is -2.36. The van der Waals surface area contributed by atoms with Crippen LogP contribution < -0.4 is 5.32 Å². The minimum absolute atomic E-state index is 0. The number of nitrogens with zero attached hydrogens (tertiary/aromatic N) is 1. The molecule has 1 saturated carbocycles. The monoisotopic (exact) mass is 414 g/mol. The highest BCUT2D eigenvalue weighted by molar-refractivity contribution is 9.10. The smallest absolute Gasteiger partial charge is 0.0410 e. The Morgan fingerprint density at radius 1 is 1.24 bits per heavy atom. The Morgan fingerprint density at radius 3 is 2.52 bits per heavy atom. The van der Waals surface area contributed by atoms with Crippen molar-refractivity contribution in [3.8, 4) is 0 Å². The first-order valence-corrected chi connectivity index (χ1v) is 8.31. The normalized spacial score (nSPS) is 20.3. The van der Waals surface area contributed by atoms with Gasteiger partial charge in [0.25, 0.3) is 0 Å². The van der Waals surface area contributed by atoms with Crippen LogP contribution in [0.1, 0.15) is 30.9 Å². The molecule has 1 N–H and O–H groups in total. The van der Waals surface area contributed by atoms with Gasteiger partial charge in [0.2, 0.25) is 0 Å². The Balaban J connectivity index is 0.00000110. The predicted octanol–water partition coefficient (Wildman–Crippen LogP) is 4.69. The topological polar surface area (TPSA) is 15.3 Å². The molecule has 3 rings (SSSR count). The van der Waals surface area contributed by atoms with Crippen LogP contribution in [0.15, 0.2) is 22.7 Å². The van der Waals surface area contributed by atoms with Crippen molar-refractivity contribution in [3.63, 3.8) is 0 Å². The highest BCUT2D eigenvalue weighted by atomic mass is 79.9. The molecule has 1 atom stereocenters. The maximum atomic E-state index is 6.20. The van der Waals surface area contributed by atoms with Crippen LogP contribution in [0.2, 0.25) is 5.02 Å². The summed E-state index contributed by atoms with van der Waals surface area (Å²) in [5, 5.41) is 4.28. The molecule has 1 aliphatic carbocycles. The molecule has 1 aliphatic heterocycles. The Morgan fingerprint density at radius 2 is 1.90 bits per heavy atom. The summed E-state index contributed by atoms with van der Waals surface area (Å²) in [4.78, 5) is 2.62. The molecule has 0 aromatic heterocycles. The van der Waals surface area contributed by atoms with E-state index in [1.165, 1.54) is 29.3 Å². The average molecular weight is 417 g/mol. The van der Waals surface area contributed by atoms with Crippen LogP contribution in [0, 0.1) is 5.92 Å². The van der Waals surface area contributed by atoms with E-state index in [1.54, 1.807) is 0 Å². The molecule has 1 saturated heterocycles. The molecular formula is C15H22BrCl3N2. The molecule has 1 aromatic carbocycles. The fraction of sp³-hybridized carbons (Fsp3) is 0.600. The predicted molar refractivity (Wildman–Crippen MR) is 98.2 cm³/mol.